The van der Waals surface area contributed by atoms with Gasteiger partial charge >= 0.3 is 0 Å². The SMILES string of the molecule is CC1(C)CCCN(CC(C(N)=NO)c2ccccc2)C1. The molecule has 110 valence electrons. The van der Waals surface area contributed by atoms with Crippen molar-refractivity contribution in [2.75, 3.05) is 19.6 Å². The van der Waals surface area contributed by atoms with Crippen molar-refractivity contribution in [2.24, 2.45) is 16.3 Å². The number of hydrogen-bond donors (Lipinski definition) is 2. The third kappa shape index (κ3) is 3.73. The molecule has 1 heterocycles. The summed E-state index contributed by atoms with van der Waals surface area (Å²) in [7, 11) is 0. The van der Waals surface area contributed by atoms with Crippen molar-refractivity contribution in [1.82, 2.24) is 4.90 Å². The van der Waals surface area contributed by atoms with Gasteiger partial charge in [0.2, 0.25) is 0 Å². The number of piperidine rings is 1. The summed E-state index contributed by atoms with van der Waals surface area (Å²) in [6, 6.07) is 10.0. The molecule has 4 heteroatoms. The van der Waals surface area contributed by atoms with E-state index in [0.29, 0.717) is 11.3 Å². The minimum Gasteiger partial charge on any atom is -0.409 e. The van der Waals surface area contributed by atoms with Gasteiger partial charge in [0.25, 0.3) is 0 Å². The van der Waals surface area contributed by atoms with Crippen LogP contribution in [0.5, 0.6) is 0 Å². The molecule has 1 aliphatic rings. The first kappa shape index (κ1) is 14.9. The molecule has 1 saturated heterocycles. The van der Waals surface area contributed by atoms with Gasteiger partial charge in [0.05, 0.1) is 5.92 Å². The van der Waals surface area contributed by atoms with Crippen LogP contribution in [0.3, 0.4) is 0 Å². The summed E-state index contributed by atoms with van der Waals surface area (Å²) in [5.41, 5.74) is 7.36. The average molecular weight is 275 g/mol. The maximum atomic E-state index is 9.04. The molecule has 1 aliphatic heterocycles. The van der Waals surface area contributed by atoms with Gasteiger partial charge in [-0.15, -0.1) is 0 Å². The molecule has 20 heavy (non-hydrogen) atoms. The molecule has 3 N–H and O–H groups in total. The number of amidine groups is 1. The molecule has 1 unspecified atom stereocenters. The van der Waals surface area contributed by atoms with Crippen LogP contribution in [0.15, 0.2) is 35.5 Å². The molecular formula is C16H25N3O. The summed E-state index contributed by atoms with van der Waals surface area (Å²) < 4.78 is 0. The smallest absolute Gasteiger partial charge is 0.147 e. The van der Waals surface area contributed by atoms with Crippen LogP contribution in [0.1, 0.15) is 38.2 Å². The van der Waals surface area contributed by atoms with Gasteiger partial charge in [0.15, 0.2) is 0 Å². The van der Waals surface area contributed by atoms with Crippen LogP contribution < -0.4 is 5.73 Å². The van der Waals surface area contributed by atoms with Gasteiger partial charge in [0, 0.05) is 13.1 Å². The summed E-state index contributed by atoms with van der Waals surface area (Å²) in [4.78, 5) is 2.43. The Hall–Kier alpha value is -1.55. The van der Waals surface area contributed by atoms with Gasteiger partial charge in [-0.1, -0.05) is 49.3 Å². The highest BCUT2D eigenvalue weighted by atomic mass is 16.4. The number of nitrogens with zero attached hydrogens (tertiary/aromatic N) is 2. The van der Waals surface area contributed by atoms with Crippen LogP contribution in [0.4, 0.5) is 0 Å². The van der Waals surface area contributed by atoms with E-state index >= 15 is 0 Å². The van der Waals surface area contributed by atoms with Crippen molar-refractivity contribution < 1.29 is 5.21 Å². The third-order valence-electron chi connectivity index (χ3n) is 4.09. The van der Waals surface area contributed by atoms with Gasteiger partial charge in [0.1, 0.15) is 5.84 Å². The van der Waals surface area contributed by atoms with E-state index in [9.17, 15) is 0 Å². The zero-order chi connectivity index (χ0) is 14.6. The van der Waals surface area contributed by atoms with Crippen LogP contribution in [-0.4, -0.2) is 35.6 Å². The van der Waals surface area contributed by atoms with E-state index in [-0.39, 0.29) is 5.92 Å². The molecule has 0 spiro atoms. The van der Waals surface area contributed by atoms with Crippen molar-refractivity contribution in [2.45, 2.75) is 32.6 Å². The fourth-order valence-corrected chi connectivity index (χ4v) is 3.08. The first-order valence-electron chi connectivity index (χ1n) is 7.26. The second-order valence-electron chi connectivity index (χ2n) is 6.49. The standard InChI is InChI=1S/C16H25N3O/c1-16(2)9-6-10-19(12-16)11-14(15(17)18-20)13-7-4-3-5-8-13/h3-5,7-8,14,20H,6,9-12H2,1-2H3,(H2,17,18). The Bertz CT molecular complexity index is 456. The lowest BCUT2D eigenvalue weighted by Crippen LogP contribution is -2.44. The van der Waals surface area contributed by atoms with E-state index < -0.39 is 0 Å². The fourth-order valence-electron chi connectivity index (χ4n) is 3.08. The highest BCUT2D eigenvalue weighted by Gasteiger charge is 2.29. The van der Waals surface area contributed by atoms with E-state index in [1.165, 1.54) is 12.8 Å². The predicted molar refractivity (Wildman–Crippen MR) is 82.0 cm³/mol. The molecule has 1 aromatic carbocycles. The van der Waals surface area contributed by atoms with Gasteiger partial charge in [-0.2, -0.15) is 0 Å². The van der Waals surface area contributed by atoms with E-state index in [2.05, 4.69) is 23.9 Å². The summed E-state index contributed by atoms with van der Waals surface area (Å²) in [5, 5.41) is 12.3. The summed E-state index contributed by atoms with van der Waals surface area (Å²) >= 11 is 0. The Morgan fingerprint density at radius 2 is 2.10 bits per heavy atom. The fraction of sp³-hybridized carbons (Fsp3) is 0.562. The summed E-state index contributed by atoms with van der Waals surface area (Å²) in [6.07, 6.45) is 2.48. The predicted octanol–water partition coefficient (Wildman–Crippen LogP) is 2.64. The lowest BCUT2D eigenvalue weighted by molar-refractivity contribution is 0.116. The largest absolute Gasteiger partial charge is 0.409 e. The maximum Gasteiger partial charge on any atom is 0.147 e. The van der Waals surface area contributed by atoms with Crippen molar-refractivity contribution in [3.63, 3.8) is 0 Å². The first-order valence-corrected chi connectivity index (χ1v) is 7.26. The normalized spacial score (nSPS) is 21.6. The van der Waals surface area contributed by atoms with E-state index in [0.717, 1.165) is 25.2 Å². The topological polar surface area (TPSA) is 61.8 Å². The molecule has 0 bridgehead atoms. The monoisotopic (exact) mass is 275 g/mol. The highest BCUT2D eigenvalue weighted by molar-refractivity contribution is 5.87. The zero-order valence-electron chi connectivity index (χ0n) is 12.4. The zero-order valence-corrected chi connectivity index (χ0v) is 12.4. The molecule has 2 rings (SSSR count). The molecule has 0 saturated carbocycles. The number of benzene rings is 1. The molecule has 0 amide bonds. The van der Waals surface area contributed by atoms with Gasteiger partial charge in [-0.3, -0.25) is 0 Å². The molecule has 0 aromatic heterocycles. The number of rotatable bonds is 4. The lowest BCUT2D eigenvalue weighted by Gasteiger charge is -2.39. The Kier molecular flexibility index (Phi) is 4.65. The number of oxime groups is 1. The Morgan fingerprint density at radius 3 is 2.70 bits per heavy atom. The lowest BCUT2D eigenvalue weighted by atomic mass is 9.83. The number of hydrogen-bond acceptors (Lipinski definition) is 3. The van der Waals surface area contributed by atoms with Crippen LogP contribution >= 0.6 is 0 Å². The molecule has 1 aromatic rings. The highest BCUT2D eigenvalue weighted by Crippen LogP contribution is 2.30. The maximum absolute atomic E-state index is 9.04. The van der Waals surface area contributed by atoms with E-state index in [1.807, 2.05) is 30.3 Å². The van der Waals surface area contributed by atoms with Crippen LogP contribution in [-0.2, 0) is 0 Å². The van der Waals surface area contributed by atoms with Crippen molar-refractivity contribution in [1.29, 1.82) is 0 Å². The summed E-state index contributed by atoms with van der Waals surface area (Å²) in [6.45, 7) is 7.57. The summed E-state index contributed by atoms with van der Waals surface area (Å²) in [5.74, 6) is 0.245. The quantitative estimate of drug-likeness (QED) is 0.384. The van der Waals surface area contributed by atoms with Gasteiger partial charge in [-0.05, 0) is 30.4 Å². The van der Waals surface area contributed by atoms with Crippen LogP contribution in [0.25, 0.3) is 0 Å². The molecule has 0 aliphatic carbocycles. The second-order valence-corrected chi connectivity index (χ2v) is 6.49. The van der Waals surface area contributed by atoms with Gasteiger partial charge in [-0.25, -0.2) is 0 Å². The van der Waals surface area contributed by atoms with Crippen molar-refractivity contribution in [3.05, 3.63) is 35.9 Å². The minimum atomic E-state index is -0.0462. The van der Waals surface area contributed by atoms with Crippen molar-refractivity contribution >= 4 is 5.84 Å². The van der Waals surface area contributed by atoms with Crippen LogP contribution in [0, 0.1) is 5.41 Å². The van der Waals surface area contributed by atoms with E-state index in [1.54, 1.807) is 0 Å². The Labute approximate surface area is 121 Å². The van der Waals surface area contributed by atoms with Gasteiger partial charge < -0.3 is 15.8 Å². The molecule has 1 atom stereocenters. The third-order valence-corrected chi connectivity index (χ3v) is 4.09. The molecule has 4 nitrogen and oxygen atoms in total. The number of likely N-dealkylation sites (tertiary alicyclic amines) is 1. The number of nitrogens with two attached hydrogens (primary N) is 1. The molecular weight excluding hydrogens is 250 g/mol. The average Bonchev–Trinajstić information content (AvgIpc) is 2.44. The molecule has 0 radical (unpaired) electrons. The Balaban J connectivity index is 2.13. The van der Waals surface area contributed by atoms with Crippen LogP contribution in [0.2, 0.25) is 0 Å². The minimum absolute atomic E-state index is 0.0462. The molecule has 1 fully saturated rings. The Morgan fingerprint density at radius 1 is 1.40 bits per heavy atom. The van der Waals surface area contributed by atoms with E-state index in [4.69, 9.17) is 10.9 Å². The first-order chi connectivity index (χ1) is 9.52. The van der Waals surface area contributed by atoms with Crippen molar-refractivity contribution in [3.8, 4) is 0 Å². The second kappa shape index (κ2) is 6.27.